The third kappa shape index (κ3) is 3.30. The van der Waals surface area contributed by atoms with Crippen LogP contribution in [0.5, 0.6) is 11.5 Å². The van der Waals surface area contributed by atoms with E-state index in [4.69, 9.17) is 15.9 Å². The molecule has 0 amide bonds. The molecule has 20 heavy (non-hydrogen) atoms. The van der Waals surface area contributed by atoms with Crippen molar-refractivity contribution < 1.29 is 4.74 Å². The van der Waals surface area contributed by atoms with Crippen molar-refractivity contribution in [1.82, 2.24) is 0 Å². The summed E-state index contributed by atoms with van der Waals surface area (Å²) in [6.45, 7) is 0. The van der Waals surface area contributed by atoms with Crippen LogP contribution < -0.4 is 15.4 Å². The van der Waals surface area contributed by atoms with Crippen LogP contribution in [0.3, 0.4) is 0 Å². The molecule has 104 valence electrons. The Bertz CT molecular complexity index is 641. The summed E-state index contributed by atoms with van der Waals surface area (Å²) in [6, 6.07) is 13.1. The van der Waals surface area contributed by atoms with E-state index in [9.17, 15) is 0 Å². The predicted octanol–water partition coefficient (Wildman–Crippen LogP) is 3.59. The SMILES string of the molecule is CN(C)c1cccc(Oc2cc(Br)ccc2C(=N)N)c1. The minimum atomic E-state index is -0.0173. The van der Waals surface area contributed by atoms with Gasteiger partial charge in [-0.2, -0.15) is 0 Å². The summed E-state index contributed by atoms with van der Waals surface area (Å²) in [7, 11) is 3.94. The van der Waals surface area contributed by atoms with Crippen LogP contribution in [0.2, 0.25) is 0 Å². The van der Waals surface area contributed by atoms with E-state index in [2.05, 4.69) is 15.9 Å². The van der Waals surface area contributed by atoms with Crippen LogP contribution in [-0.4, -0.2) is 19.9 Å². The van der Waals surface area contributed by atoms with Gasteiger partial charge in [0.15, 0.2) is 0 Å². The number of rotatable bonds is 4. The van der Waals surface area contributed by atoms with Gasteiger partial charge in [0.2, 0.25) is 0 Å². The number of nitrogens with two attached hydrogens (primary N) is 1. The summed E-state index contributed by atoms with van der Waals surface area (Å²) in [6.07, 6.45) is 0. The summed E-state index contributed by atoms with van der Waals surface area (Å²) >= 11 is 3.40. The number of amidine groups is 1. The first-order valence-corrected chi connectivity index (χ1v) is 6.86. The van der Waals surface area contributed by atoms with E-state index in [1.807, 2.05) is 49.3 Å². The van der Waals surface area contributed by atoms with Gasteiger partial charge in [-0.05, 0) is 30.3 Å². The molecule has 0 atom stereocenters. The summed E-state index contributed by atoms with van der Waals surface area (Å²) in [5, 5.41) is 7.60. The quantitative estimate of drug-likeness (QED) is 0.663. The van der Waals surface area contributed by atoms with Crippen molar-refractivity contribution in [1.29, 1.82) is 5.41 Å². The smallest absolute Gasteiger partial charge is 0.139 e. The summed E-state index contributed by atoms with van der Waals surface area (Å²) in [5.74, 6) is 1.25. The second kappa shape index (κ2) is 5.96. The number of ether oxygens (including phenoxy) is 1. The minimum absolute atomic E-state index is 0.0173. The van der Waals surface area contributed by atoms with E-state index >= 15 is 0 Å². The molecular weight excluding hydrogens is 318 g/mol. The van der Waals surface area contributed by atoms with Gasteiger partial charge in [0, 0.05) is 30.3 Å². The highest BCUT2D eigenvalue weighted by molar-refractivity contribution is 9.10. The van der Waals surface area contributed by atoms with Gasteiger partial charge in [-0.25, -0.2) is 0 Å². The van der Waals surface area contributed by atoms with Crippen molar-refractivity contribution in [3.63, 3.8) is 0 Å². The van der Waals surface area contributed by atoms with Crippen molar-refractivity contribution in [2.75, 3.05) is 19.0 Å². The molecular formula is C15H16BrN3O. The lowest BCUT2D eigenvalue weighted by molar-refractivity contribution is 0.481. The average Bonchev–Trinajstić information content (AvgIpc) is 2.38. The van der Waals surface area contributed by atoms with E-state index in [1.54, 1.807) is 12.1 Å². The molecule has 0 radical (unpaired) electrons. The first kappa shape index (κ1) is 14.4. The highest BCUT2D eigenvalue weighted by Crippen LogP contribution is 2.30. The number of nitrogen functional groups attached to an aromatic ring is 1. The Morgan fingerprint density at radius 1 is 1.20 bits per heavy atom. The Hall–Kier alpha value is -2.01. The molecule has 0 spiro atoms. The third-order valence-electron chi connectivity index (χ3n) is 2.80. The van der Waals surface area contributed by atoms with E-state index in [-0.39, 0.29) is 5.84 Å². The van der Waals surface area contributed by atoms with E-state index in [0.717, 1.165) is 10.2 Å². The number of nitrogens with one attached hydrogen (secondary N) is 1. The highest BCUT2D eigenvalue weighted by atomic mass is 79.9. The predicted molar refractivity (Wildman–Crippen MR) is 86.0 cm³/mol. The van der Waals surface area contributed by atoms with Crippen molar-refractivity contribution in [2.24, 2.45) is 5.73 Å². The van der Waals surface area contributed by atoms with Crippen LogP contribution >= 0.6 is 15.9 Å². The lowest BCUT2D eigenvalue weighted by Gasteiger charge is -2.15. The second-order valence-electron chi connectivity index (χ2n) is 4.55. The molecule has 0 saturated heterocycles. The third-order valence-corrected chi connectivity index (χ3v) is 3.29. The van der Waals surface area contributed by atoms with Crippen LogP contribution in [0.4, 0.5) is 5.69 Å². The molecule has 2 rings (SSSR count). The average molecular weight is 334 g/mol. The van der Waals surface area contributed by atoms with Gasteiger partial charge in [0.05, 0.1) is 5.56 Å². The first-order chi connectivity index (χ1) is 9.47. The molecule has 0 saturated carbocycles. The fourth-order valence-electron chi connectivity index (χ4n) is 1.76. The van der Waals surface area contributed by atoms with Gasteiger partial charge in [-0.1, -0.05) is 22.0 Å². The monoisotopic (exact) mass is 333 g/mol. The first-order valence-electron chi connectivity index (χ1n) is 6.06. The van der Waals surface area contributed by atoms with E-state index in [0.29, 0.717) is 17.1 Å². The van der Waals surface area contributed by atoms with Gasteiger partial charge in [0.25, 0.3) is 0 Å². The number of halogens is 1. The largest absolute Gasteiger partial charge is 0.456 e. The molecule has 4 nitrogen and oxygen atoms in total. The van der Waals surface area contributed by atoms with Gasteiger partial charge in [0.1, 0.15) is 17.3 Å². The number of anilines is 1. The topological polar surface area (TPSA) is 62.3 Å². The fraction of sp³-hybridized carbons (Fsp3) is 0.133. The Balaban J connectivity index is 2.36. The molecule has 0 fully saturated rings. The maximum atomic E-state index is 7.60. The Labute approximate surface area is 126 Å². The van der Waals surface area contributed by atoms with Crippen LogP contribution in [0.15, 0.2) is 46.9 Å². The van der Waals surface area contributed by atoms with Gasteiger partial charge >= 0.3 is 0 Å². The summed E-state index contributed by atoms with van der Waals surface area (Å²) < 4.78 is 6.74. The van der Waals surface area contributed by atoms with Crippen molar-refractivity contribution in [3.05, 3.63) is 52.5 Å². The Morgan fingerprint density at radius 3 is 2.60 bits per heavy atom. The zero-order valence-corrected chi connectivity index (χ0v) is 12.9. The lowest BCUT2D eigenvalue weighted by Crippen LogP contribution is -2.12. The highest BCUT2D eigenvalue weighted by Gasteiger charge is 2.09. The molecule has 5 heteroatoms. The molecule has 0 aliphatic carbocycles. The normalized spacial score (nSPS) is 10.2. The molecule has 0 bridgehead atoms. The molecule has 0 heterocycles. The van der Waals surface area contributed by atoms with E-state index < -0.39 is 0 Å². The van der Waals surface area contributed by atoms with Crippen LogP contribution in [0, 0.1) is 5.41 Å². The maximum absolute atomic E-state index is 7.60. The van der Waals surface area contributed by atoms with Crippen LogP contribution in [0.1, 0.15) is 5.56 Å². The van der Waals surface area contributed by atoms with Crippen molar-refractivity contribution >= 4 is 27.5 Å². The zero-order valence-electron chi connectivity index (χ0n) is 11.4. The molecule has 3 N–H and O–H groups in total. The van der Waals surface area contributed by atoms with Crippen LogP contribution in [0.25, 0.3) is 0 Å². The molecule has 2 aromatic carbocycles. The number of benzene rings is 2. The van der Waals surface area contributed by atoms with Crippen molar-refractivity contribution in [3.8, 4) is 11.5 Å². The van der Waals surface area contributed by atoms with Gasteiger partial charge < -0.3 is 15.4 Å². The van der Waals surface area contributed by atoms with E-state index in [1.165, 1.54) is 0 Å². The van der Waals surface area contributed by atoms with Crippen LogP contribution in [-0.2, 0) is 0 Å². The Kier molecular flexibility index (Phi) is 4.29. The second-order valence-corrected chi connectivity index (χ2v) is 5.46. The number of hydrogen-bond acceptors (Lipinski definition) is 3. The lowest BCUT2D eigenvalue weighted by atomic mass is 10.2. The van der Waals surface area contributed by atoms with Crippen molar-refractivity contribution in [2.45, 2.75) is 0 Å². The fourth-order valence-corrected chi connectivity index (χ4v) is 2.10. The summed E-state index contributed by atoms with van der Waals surface area (Å²) in [4.78, 5) is 2.00. The van der Waals surface area contributed by atoms with Gasteiger partial charge in [-0.15, -0.1) is 0 Å². The maximum Gasteiger partial charge on any atom is 0.139 e. The molecule has 0 aromatic heterocycles. The molecule has 0 aliphatic heterocycles. The molecule has 2 aromatic rings. The minimum Gasteiger partial charge on any atom is -0.456 e. The van der Waals surface area contributed by atoms with Gasteiger partial charge in [-0.3, -0.25) is 5.41 Å². The molecule has 0 aliphatic rings. The standard InChI is InChI=1S/C15H16BrN3O/c1-19(2)11-4-3-5-12(9-11)20-14-8-10(16)6-7-13(14)15(17)18/h3-9H,1-2H3,(H3,17,18). The number of hydrogen-bond donors (Lipinski definition) is 2. The number of nitrogens with zero attached hydrogens (tertiary/aromatic N) is 1. The Morgan fingerprint density at radius 2 is 1.95 bits per heavy atom. The molecule has 0 unspecified atom stereocenters. The zero-order chi connectivity index (χ0) is 14.7. The summed E-state index contributed by atoms with van der Waals surface area (Å²) in [5.41, 5.74) is 7.19.